The Kier molecular flexibility index (Phi) is 4.96. The molecule has 2 aromatic rings. The second kappa shape index (κ2) is 7.49. The number of benzene rings is 1. The monoisotopic (exact) mass is 431 g/mol. The average Bonchev–Trinajstić information content (AvgIpc) is 3.02. The molecule has 1 aromatic heterocycles. The summed E-state index contributed by atoms with van der Waals surface area (Å²) in [6.07, 6.45) is -3.97. The van der Waals surface area contributed by atoms with Crippen molar-refractivity contribution in [2.24, 2.45) is 10.7 Å². The van der Waals surface area contributed by atoms with Gasteiger partial charge in [-0.3, -0.25) is 19.4 Å². The van der Waals surface area contributed by atoms with E-state index in [1.54, 1.807) is 34.1 Å². The molecule has 0 spiro atoms. The second-order valence-corrected chi connectivity index (χ2v) is 7.18. The molecule has 1 fully saturated rings. The molecule has 0 atom stereocenters. The van der Waals surface area contributed by atoms with E-state index < -0.39 is 17.9 Å². The standard InChI is InChI=1S/C20H16F3N5O3/c21-20(22,23)19(31)26-16(24)12-6-14-15(25-7-12)10-28(18(14)30)13-8-27(9-13)17(29)11-4-2-1-3-5-11/h1-7,13H,8-10H2,(H2,24,26,31). The van der Waals surface area contributed by atoms with Gasteiger partial charge in [0.15, 0.2) is 0 Å². The Hall–Kier alpha value is -3.76. The van der Waals surface area contributed by atoms with Crippen LogP contribution in [0, 0.1) is 0 Å². The van der Waals surface area contributed by atoms with Crippen LogP contribution in [0.5, 0.6) is 0 Å². The van der Waals surface area contributed by atoms with Crippen LogP contribution in [0.1, 0.15) is 32.0 Å². The number of nitrogens with zero attached hydrogens (tertiary/aromatic N) is 4. The molecule has 0 saturated carbocycles. The van der Waals surface area contributed by atoms with Crippen molar-refractivity contribution < 1.29 is 27.6 Å². The number of halogens is 3. The molecule has 0 unspecified atom stereocenters. The summed E-state index contributed by atoms with van der Waals surface area (Å²) in [6.45, 7) is 0.943. The Bertz CT molecular complexity index is 1090. The Morgan fingerprint density at radius 1 is 1.13 bits per heavy atom. The van der Waals surface area contributed by atoms with Crippen LogP contribution < -0.4 is 5.73 Å². The molecule has 31 heavy (non-hydrogen) atoms. The normalized spacial score (nSPS) is 16.9. The number of aliphatic imine (C=N–C) groups is 1. The highest BCUT2D eigenvalue weighted by Crippen LogP contribution is 2.28. The molecule has 0 bridgehead atoms. The quantitative estimate of drug-likeness (QED) is 0.583. The topological polar surface area (TPSA) is 109 Å². The molecule has 2 aliphatic heterocycles. The fourth-order valence-electron chi connectivity index (χ4n) is 3.45. The lowest BCUT2D eigenvalue weighted by Gasteiger charge is -2.43. The van der Waals surface area contributed by atoms with Gasteiger partial charge in [0.05, 0.1) is 23.8 Å². The number of pyridine rings is 1. The van der Waals surface area contributed by atoms with Gasteiger partial charge in [0.1, 0.15) is 5.84 Å². The average molecular weight is 431 g/mol. The molecule has 4 rings (SSSR count). The summed E-state index contributed by atoms with van der Waals surface area (Å²) in [5, 5.41) is 0. The van der Waals surface area contributed by atoms with Crippen molar-refractivity contribution in [3.05, 3.63) is 65.0 Å². The lowest BCUT2D eigenvalue weighted by molar-refractivity contribution is -0.169. The smallest absolute Gasteiger partial charge is 0.383 e. The van der Waals surface area contributed by atoms with Gasteiger partial charge in [-0.2, -0.15) is 18.2 Å². The second-order valence-electron chi connectivity index (χ2n) is 7.18. The number of fused-ring (bicyclic) bond motifs is 1. The summed E-state index contributed by atoms with van der Waals surface area (Å²) in [4.78, 5) is 46.3. The zero-order chi connectivity index (χ0) is 22.3. The Morgan fingerprint density at radius 2 is 1.81 bits per heavy atom. The van der Waals surface area contributed by atoms with E-state index in [1.165, 1.54) is 12.3 Å². The van der Waals surface area contributed by atoms with E-state index >= 15 is 0 Å². The van der Waals surface area contributed by atoms with Crippen molar-refractivity contribution in [2.45, 2.75) is 18.8 Å². The highest BCUT2D eigenvalue weighted by atomic mass is 19.4. The first-order chi connectivity index (χ1) is 14.6. The number of amides is 3. The first-order valence-corrected chi connectivity index (χ1v) is 9.25. The number of likely N-dealkylation sites (tertiary alicyclic amines) is 1. The van der Waals surface area contributed by atoms with Crippen molar-refractivity contribution in [3.63, 3.8) is 0 Å². The molecule has 1 aromatic carbocycles. The van der Waals surface area contributed by atoms with Crippen molar-refractivity contribution in [2.75, 3.05) is 13.1 Å². The van der Waals surface area contributed by atoms with E-state index in [0.29, 0.717) is 24.3 Å². The molecule has 3 heterocycles. The lowest BCUT2D eigenvalue weighted by Crippen LogP contribution is -2.61. The minimum absolute atomic E-state index is 0.0546. The number of nitrogens with two attached hydrogens (primary N) is 1. The molecule has 2 N–H and O–H groups in total. The molecule has 0 radical (unpaired) electrons. The molecule has 2 aliphatic rings. The number of hydrogen-bond acceptors (Lipinski definition) is 4. The van der Waals surface area contributed by atoms with Crippen LogP contribution >= 0.6 is 0 Å². The zero-order valence-corrected chi connectivity index (χ0v) is 16.0. The zero-order valence-electron chi connectivity index (χ0n) is 16.0. The summed E-state index contributed by atoms with van der Waals surface area (Å²) >= 11 is 0. The maximum Gasteiger partial charge on any atom is 0.473 e. The predicted molar refractivity (Wildman–Crippen MR) is 102 cm³/mol. The van der Waals surface area contributed by atoms with Gasteiger partial charge in [-0.05, 0) is 18.2 Å². The first kappa shape index (κ1) is 20.5. The number of rotatable bonds is 3. The number of carbonyl (C=O) groups excluding carboxylic acids is 3. The van der Waals surface area contributed by atoms with Gasteiger partial charge in [-0.25, -0.2) is 0 Å². The minimum Gasteiger partial charge on any atom is -0.383 e. The van der Waals surface area contributed by atoms with Gasteiger partial charge in [0, 0.05) is 30.4 Å². The van der Waals surface area contributed by atoms with Crippen molar-refractivity contribution in [1.82, 2.24) is 14.8 Å². The van der Waals surface area contributed by atoms with Crippen LogP contribution in [0.3, 0.4) is 0 Å². The first-order valence-electron chi connectivity index (χ1n) is 9.25. The number of hydrogen-bond donors (Lipinski definition) is 1. The molecular formula is C20H16F3N5O3. The fraction of sp³-hybridized carbons (Fsp3) is 0.250. The summed E-state index contributed by atoms with van der Waals surface area (Å²) in [5.74, 6) is -3.50. The highest BCUT2D eigenvalue weighted by Gasteiger charge is 2.42. The largest absolute Gasteiger partial charge is 0.473 e. The van der Waals surface area contributed by atoms with Crippen molar-refractivity contribution in [1.29, 1.82) is 0 Å². The van der Waals surface area contributed by atoms with Gasteiger partial charge in [-0.1, -0.05) is 18.2 Å². The van der Waals surface area contributed by atoms with Gasteiger partial charge >= 0.3 is 12.1 Å². The molecule has 0 aliphatic carbocycles. The van der Waals surface area contributed by atoms with E-state index in [1.807, 2.05) is 6.07 Å². The van der Waals surface area contributed by atoms with Crippen LogP contribution in [-0.4, -0.2) is 63.6 Å². The summed E-state index contributed by atoms with van der Waals surface area (Å²) in [5.41, 5.74) is 6.62. The number of alkyl halides is 3. The van der Waals surface area contributed by atoms with Gasteiger partial charge in [0.25, 0.3) is 11.8 Å². The molecule has 160 valence electrons. The van der Waals surface area contributed by atoms with E-state index in [0.717, 1.165) is 0 Å². The highest BCUT2D eigenvalue weighted by molar-refractivity contribution is 6.07. The Morgan fingerprint density at radius 3 is 2.45 bits per heavy atom. The number of amidine groups is 1. The molecular weight excluding hydrogens is 415 g/mol. The Labute approximate surface area is 174 Å². The van der Waals surface area contributed by atoms with E-state index in [2.05, 4.69) is 9.98 Å². The van der Waals surface area contributed by atoms with E-state index in [4.69, 9.17) is 5.73 Å². The predicted octanol–water partition coefficient (Wildman–Crippen LogP) is 1.36. The third kappa shape index (κ3) is 3.86. The molecule has 11 heteroatoms. The van der Waals surface area contributed by atoms with Crippen LogP contribution in [-0.2, 0) is 11.3 Å². The third-order valence-corrected chi connectivity index (χ3v) is 5.15. The van der Waals surface area contributed by atoms with Gasteiger partial charge < -0.3 is 15.5 Å². The Balaban J connectivity index is 1.44. The van der Waals surface area contributed by atoms with Crippen LogP contribution in [0.2, 0.25) is 0 Å². The summed E-state index contributed by atoms with van der Waals surface area (Å²) in [7, 11) is 0. The molecule has 8 nitrogen and oxygen atoms in total. The summed E-state index contributed by atoms with van der Waals surface area (Å²) in [6, 6.07) is 9.86. The maximum atomic E-state index is 12.8. The minimum atomic E-state index is -5.14. The number of aromatic nitrogens is 1. The van der Waals surface area contributed by atoms with Gasteiger partial charge in [-0.15, -0.1) is 0 Å². The lowest BCUT2D eigenvalue weighted by atomic mass is 10.0. The fourth-order valence-corrected chi connectivity index (χ4v) is 3.45. The molecule has 1 saturated heterocycles. The van der Waals surface area contributed by atoms with E-state index in [-0.39, 0.29) is 35.5 Å². The number of carbonyl (C=O) groups is 3. The maximum absolute atomic E-state index is 12.8. The SMILES string of the molecule is NC(=NC(=O)C(F)(F)F)c1cnc2c(c1)C(=O)N(C1CN(C(=O)c3ccccc3)C1)C2. The summed E-state index contributed by atoms with van der Waals surface area (Å²) < 4.78 is 37.1. The van der Waals surface area contributed by atoms with Crippen LogP contribution in [0.15, 0.2) is 47.6 Å². The van der Waals surface area contributed by atoms with Crippen molar-refractivity contribution in [3.8, 4) is 0 Å². The molecule has 3 amide bonds. The van der Waals surface area contributed by atoms with Crippen molar-refractivity contribution >= 4 is 23.6 Å². The van der Waals surface area contributed by atoms with Gasteiger partial charge in [0.2, 0.25) is 0 Å². The van der Waals surface area contributed by atoms with E-state index in [9.17, 15) is 27.6 Å². The van der Waals surface area contributed by atoms with Crippen LogP contribution in [0.4, 0.5) is 13.2 Å². The van der Waals surface area contributed by atoms with Crippen LogP contribution in [0.25, 0.3) is 0 Å². The third-order valence-electron chi connectivity index (χ3n) is 5.15.